The van der Waals surface area contributed by atoms with Gasteiger partial charge in [0.15, 0.2) is 6.04 Å². The summed E-state index contributed by atoms with van der Waals surface area (Å²) in [5, 5.41) is 0. The molecular formula is C12H12F3NO2. The maximum Gasteiger partial charge on any atom is 0.411 e. The van der Waals surface area contributed by atoms with Crippen LogP contribution in [-0.4, -0.2) is 42.8 Å². The first kappa shape index (κ1) is 12.9. The summed E-state index contributed by atoms with van der Waals surface area (Å²) >= 11 is 0. The summed E-state index contributed by atoms with van der Waals surface area (Å²) in [6, 6.07) is 6.10. The molecule has 0 N–H and O–H groups in total. The zero-order valence-corrected chi connectivity index (χ0v) is 9.48. The van der Waals surface area contributed by atoms with Gasteiger partial charge in [0.25, 0.3) is 5.91 Å². The van der Waals surface area contributed by atoms with Crippen molar-refractivity contribution in [2.45, 2.75) is 12.2 Å². The van der Waals surface area contributed by atoms with E-state index in [9.17, 15) is 18.0 Å². The number of halogens is 3. The quantitative estimate of drug-likeness (QED) is 0.773. The molecule has 1 fully saturated rings. The minimum Gasteiger partial charge on any atom is -0.377 e. The van der Waals surface area contributed by atoms with E-state index in [0.29, 0.717) is 0 Å². The van der Waals surface area contributed by atoms with Gasteiger partial charge in [-0.05, 0) is 12.1 Å². The van der Waals surface area contributed by atoms with E-state index in [1.165, 1.54) is 12.1 Å². The molecule has 98 valence electrons. The monoisotopic (exact) mass is 259 g/mol. The number of amides is 1. The number of morpholine rings is 1. The highest BCUT2D eigenvalue weighted by Gasteiger charge is 2.47. The van der Waals surface area contributed by atoms with Crippen LogP contribution in [0.25, 0.3) is 0 Å². The van der Waals surface area contributed by atoms with Crippen molar-refractivity contribution in [3.8, 4) is 0 Å². The van der Waals surface area contributed by atoms with Crippen LogP contribution in [0.2, 0.25) is 0 Å². The van der Waals surface area contributed by atoms with Gasteiger partial charge in [0.2, 0.25) is 0 Å². The molecule has 1 saturated heterocycles. The van der Waals surface area contributed by atoms with Crippen LogP contribution in [0.4, 0.5) is 13.2 Å². The maximum absolute atomic E-state index is 12.8. The predicted octanol–water partition coefficient (Wildman–Crippen LogP) is 2.09. The second kappa shape index (κ2) is 4.97. The molecule has 1 unspecified atom stereocenters. The third kappa shape index (κ3) is 2.64. The SMILES string of the molecule is O=C(c1ccccc1)N1CCOCC1C(F)(F)F. The third-order valence-corrected chi connectivity index (χ3v) is 2.79. The Labute approximate surface area is 102 Å². The summed E-state index contributed by atoms with van der Waals surface area (Å²) in [7, 11) is 0. The number of alkyl halides is 3. The number of nitrogens with zero attached hydrogens (tertiary/aromatic N) is 1. The van der Waals surface area contributed by atoms with Crippen molar-refractivity contribution in [3.05, 3.63) is 35.9 Å². The van der Waals surface area contributed by atoms with Gasteiger partial charge in [-0.25, -0.2) is 0 Å². The normalized spacial score (nSPS) is 20.8. The van der Waals surface area contributed by atoms with E-state index in [4.69, 9.17) is 4.74 Å². The highest BCUT2D eigenvalue weighted by molar-refractivity contribution is 5.94. The van der Waals surface area contributed by atoms with E-state index in [2.05, 4.69) is 0 Å². The fourth-order valence-electron chi connectivity index (χ4n) is 1.86. The summed E-state index contributed by atoms with van der Waals surface area (Å²) in [6.45, 7) is -0.412. The lowest BCUT2D eigenvalue weighted by atomic mass is 10.1. The predicted molar refractivity (Wildman–Crippen MR) is 58.1 cm³/mol. The first-order chi connectivity index (χ1) is 8.50. The molecule has 2 rings (SSSR count). The van der Waals surface area contributed by atoms with Crippen LogP contribution in [0.15, 0.2) is 30.3 Å². The van der Waals surface area contributed by atoms with Gasteiger partial charge in [-0.2, -0.15) is 13.2 Å². The Morgan fingerprint density at radius 1 is 1.28 bits per heavy atom. The first-order valence-corrected chi connectivity index (χ1v) is 5.50. The highest BCUT2D eigenvalue weighted by atomic mass is 19.4. The summed E-state index contributed by atoms with van der Waals surface area (Å²) in [5.74, 6) is -0.610. The number of benzene rings is 1. The lowest BCUT2D eigenvalue weighted by molar-refractivity contribution is -0.202. The van der Waals surface area contributed by atoms with Gasteiger partial charge in [-0.15, -0.1) is 0 Å². The second-order valence-corrected chi connectivity index (χ2v) is 4.00. The molecule has 1 aromatic carbocycles. The Kier molecular flexibility index (Phi) is 3.56. The number of ether oxygens (including phenoxy) is 1. The van der Waals surface area contributed by atoms with Gasteiger partial charge in [0.05, 0.1) is 13.2 Å². The smallest absolute Gasteiger partial charge is 0.377 e. The number of hydrogen-bond acceptors (Lipinski definition) is 2. The van der Waals surface area contributed by atoms with Crippen LogP contribution in [0.5, 0.6) is 0 Å². The van der Waals surface area contributed by atoms with Crippen molar-refractivity contribution >= 4 is 5.91 Å². The average molecular weight is 259 g/mol. The number of carbonyl (C=O) groups excluding carboxylic acids is 1. The van der Waals surface area contributed by atoms with E-state index < -0.39 is 24.7 Å². The average Bonchev–Trinajstić information content (AvgIpc) is 2.38. The van der Waals surface area contributed by atoms with Crippen molar-refractivity contribution in [2.24, 2.45) is 0 Å². The zero-order valence-electron chi connectivity index (χ0n) is 9.48. The molecule has 0 spiro atoms. The molecule has 1 heterocycles. The fourth-order valence-corrected chi connectivity index (χ4v) is 1.86. The largest absolute Gasteiger partial charge is 0.411 e. The fraction of sp³-hybridized carbons (Fsp3) is 0.417. The van der Waals surface area contributed by atoms with Crippen molar-refractivity contribution in [1.82, 2.24) is 4.90 Å². The van der Waals surface area contributed by atoms with Gasteiger partial charge < -0.3 is 9.64 Å². The number of hydrogen-bond donors (Lipinski definition) is 0. The van der Waals surface area contributed by atoms with Gasteiger partial charge in [0, 0.05) is 12.1 Å². The number of carbonyl (C=O) groups is 1. The molecule has 0 aromatic heterocycles. The third-order valence-electron chi connectivity index (χ3n) is 2.79. The molecule has 0 radical (unpaired) electrons. The second-order valence-electron chi connectivity index (χ2n) is 4.00. The molecule has 3 nitrogen and oxygen atoms in total. The lowest BCUT2D eigenvalue weighted by Gasteiger charge is -2.36. The Balaban J connectivity index is 2.22. The molecule has 0 bridgehead atoms. The van der Waals surface area contributed by atoms with Crippen LogP contribution in [0.3, 0.4) is 0 Å². The van der Waals surface area contributed by atoms with Crippen LogP contribution in [0.1, 0.15) is 10.4 Å². The Morgan fingerprint density at radius 2 is 1.94 bits per heavy atom. The van der Waals surface area contributed by atoms with E-state index in [-0.39, 0.29) is 18.7 Å². The summed E-state index contributed by atoms with van der Waals surface area (Å²) < 4.78 is 43.2. The molecule has 1 aromatic rings. The van der Waals surface area contributed by atoms with Crippen molar-refractivity contribution in [3.63, 3.8) is 0 Å². The summed E-state index contributed by atoms with van der Waals surface area (Å²) in [4.78, 5) is 12.9. The van der Waals surface area contributed by atoms with Crippen LogP contribution in [-0.2, 0) is 4.74 Å². The van der Waals surface area contributed by atoms with E-state index in [1.54, 1.807) is 18.2 Å². The molecule has 0 saturated carbocycles. The molecule has 1 aliphatic rings. The van der Waals surface area contributed by atoms with E-state index in [0.717, 1.165) is 4.90 Å². The topological polar surface area (TPSA) is 29.5 Å². The molecule has 1 aliphatic heterocycles. The Morgan fingerprint density at radius 3 is 2.56 bits per heavy atom. The highest BCUT2D eigenvalue weighted by Crippen LogP contribution is 2.28. The van der Waals surface area contributed by atoms with Gasteiger partial charge in [0.1, 0.15) is 0 Å². The summed E-state index contributed by atoms with van der Waals surface area (Å²) in [6.07, 6.45) is -4.47. The first-order valence-electron chi connectivity index (χ1n) is 5.50. The maximum atomic E-state index is 12.8. The van der Waals surface area contributed by atoms with E-state index >= 15 is 0 Å². The van der Waals surface area contributed by atoms with Crippen molar-refractivity contribution in [1.29, 1.82) is 0 Å². The Hall–Kier alpha value is -1.56. The van der Waals surface area contributed by atoms with Crippen LogP contribution >= 0.6 is 0 Å². The zero-order chi connectivity index (χ0) is 13.2. The molecule has 18 heavy (non-hydrogen) atoms. The van der Waals surface area contributed by atoms with Crippen LogP contribution in [0, 0.1) is 0 Å². The van der Waals surface area contributed by atoms with Gasteiger partial charge in [-0.1, -0.05) is 18.2 Å². The standard InChI is InChI=1S/C12H12F3NO2/c13-12(14,15)10-8-18-7-6-16(10)11(17)9-4-2-1-3-5-9/h1-5,10H,6-8H2. The molecule has 6 heteroatoms. The van der Waals surface area contributed by atoms with Crippen molar-refractivity contribution in [2.75, 3.05) is 19.8 Å². The molecule has 0 aliphatic carbocycles. The summed E-state index contributed by atoms with van der Waals surface area (Å²) in [5.41, 5.74) is 0.258. The molecule has 1 amide bonds. The Bertz CT molecular complexity index is 419. The molecule has 1 atom stereocenters. The number of rotatable bonds is 1. The van der Waals surface area contributed by atoms with E-state index in [1.807, 2.05) is 0 Å². The van der Waals surface area contributed by atoms with Gasteiger partial charge >= 0.3 is 6.18 Å². The lowest BCUT2D eigenvalue weighted by Crippen LogP contribution is -2.55. The minimum atomic E-state index is -4.47. The van der Waals surface area contributed by atoms with Gasteiger partial charge in [-0.3, -0.25) is 4.79 Å². The van der Waals surface area contributed by atoms with Crippen LogP contribution < -0.4 is 0 Å². The minimum absolute atomic E-state index is 0.0437. The molecular weight excluding hydrogens is 247 g/mol. The van der Waals surface area contributed by atoms with Crippen molar-refractivity contribution < 1.29 is 22.7 Å².